The molecule has 0 spiro atoms. The minimum absolute atomic E-state index is 0.963. The molecule has 0 aliphatic heterocycles. The minimum atomic E-state index is -0.963. The van der Waals surface area contributed by atoms with Crippen molar-refractivity contribution in [3.8, 4) is 0 Å². The summed E-state index contributed by atoms with van der Waals surface area (Å²) in [5.41, 5.74) is 4.67. The van der Waals surface area contributed by atoms with Crippen molar-refractivity contribution in [2.45, 2.75) is 13.1 Å². The van der Waals surface area contributed by atoms with Crippen LogP contribution in [0, 0.1) is 6.54 Å². The van der Waals surface area contributed by atoms with Crippen LogP contribution in [-0.2, 0) is 0 Å². The molecule has 1 atom stereocenters. The van der Waals surface area contributed by atoms with Crippen molar-refractivity contribution in [3.05, 3.63) is 6.54 Å². The van der Waals surface area contributed by atoms with E-state index in [-0.39, 0.29) is 0 Å². The Balaban J connectivity index is 2.54. The third-order valence-electron chi connectivity index (χ3n) is 0.265. The monoisotopic (exact) mass is 76.1 g/mol. The van der Waals surface area contributed by atoms with E-state index in [4.69, 9.17) is 0 Å². The third-order valence-corrected chi connectivity index (χ3v) is 0.265. The van der Waals surface area contributed by atoms with Crippen molar-refractivity contribution in [1.29, 1.82) is 0 Å². The van der Waals surface area contributed by atoms with Crippen LogP contribution in [0.1, 0.15) is 6.92 Å². The molecule has 0 saturated heterocycles. The van der Waals surface area contributed by atoms with E-state index in [1.807, 2.05) is 0 Å². The van der Waals surface area contributed by atoms with E-state index in [2.05, 4.69) is 5.73 Å². The fourth-order valence-corrected chi connectivity index (χ4v) is 0. The number of rotatable bonds is 1. The maximum Gasteiger partial charge on any atom is 0.114 e. The van der Waals surface area contributed by atoms with Gasteiger partial charge >= 0.3 is 0 Å². The van der Waals surface area contributed by atoms with Crippen molar-refractivity contribution < 1.29 is 4.39 Å². The number of hydrogen-bond acceptors (Lipinski definition) is 1. The normalized spacial score (nSPS) is 15.0. The van der Waals surface area contributed by atoms with Gasteiger partial charge in [0.1, 0.15) is 6.17 Å². The molecule has 0 aliphatic rings. The fourth-order valence-electron chi connectivity index (χ4n) is 0. The van der Waals surface area contributed by atoms with Crippen LogP contribution in [0.2, 0.25) is 0 Å². The highest BCUT2D eigenvalue weighted by Gasteiger charge is 1.86. The van der Waals surface area contributed by atoms with Crippen molar-refractivity contribution >= 4 is 0 Å². The summed E-state index contributed by atoms with van der Waals surface area (Å²) in [7, 11) is 0. The molecule has 0 fully saturated rings. The van der Waals surface area contributed by atoms with Crippen molar-refractivity contribution in [2.24, 2.45) is 5.73 Å². The average Bonchev–Trinajstić information content (AvgIpc) is 1.38. The molecular weight excluding hydrogens is 69.0 g/mol. The lowest BCUT2D eigenvalue weighted by Crippen LogP contribution is -2.01. The topological polar surface area (TPSA) is 26.0 Å². The number of halogens is 1. The van der Waals surface area contributed by atoms with Crippen molar-refractivity contribution in [2.75, 3.05) is 0 Å². The van der Waals surface area contributed by atoms with Crippen LogP contribution in [0.5, 0.6) is 0 Å². The standard InChI is InChI=1S/C3H7FN/c1-3(4)2-5/h2-3H,5H2,1H3. The molecule has 2 heteroatoms. The van der Waals surface area contributed by atoms with Crippen LogP contribution < -0.4 is 5.73 Å². The second-order valence-electron chi connectivity index (χ2n) is 0.870. The van der Waals surface area contributed by atoms with Crippen LogP contribution in [0.4, 0.5) is 4.39 Å². The highest BCUT2D eigenvalue weighted by Crippen LogP contribution is 1.82. The molecule has 0 bridgehead atoms. The summed E-state index contributed by atoms with van der Waals surface area (Å²) in [6, 6.07) is 0. The molecule has 0 aromatic rings. The molecule has 0 heterocycles. The van der Waals surface area contributed by atoms with E-state index in [1.165, 1.54) is 6.92 Å². The van der Waals surface area contributed by atoms with Crippen LogP contribution in [0.15, 0.2) is 0 Å². The molecule has 0 rings (SSSR count). The Labute approximate surface area is 31.0 Å². The molecule has 1 nitrogen and oxygen atoms in total. The van der Waals surface area contributed by atoms with Gasteiger partial charge in [-0.2, -0.15) is 0 Å². The molecule has 0 aliphatic carbocycles. The number of alkyl halides is 1. The first-order valence-electron chi connectivity index (χ1n) is 1.46. The van der Waals surface area contributed by atoms with Gasteiger partial charge in [-0.05, 0) is 6.92 Å². The highest BCUT2D eigenvalue weighted by atomic mass is 19.1. The van der Waals surface area contributed by atoms with Crippen LogP contribution in [0.25, 0.3) is 0 Å². The smallest absolute Gasteiger partial charge is 0.114 e. The maximum absolute atomic E-state index is 11.2. The zero-order valence-electron chi connectivity index (χ0n) is 3.11. The Kier molecular flexibility index (Phi) is 2.10. The van der Waals surface area contributed by atoms with Gasteiger partial charge in [0.25, 0.3) is 0 Å². The minimum Gasteiger partial charge on any atom is -0.324 e. The van der Waals surface area contributed by atoms with Gasteiger partial charge in [0.05, 0.1) is 6.54 Å². The largest absolute Gasteiger partial charge is 0.324 e. The van der Waals surface area contributed by atoms with Gasteiger partial charge in [-0.1, -0.05) is 0 Å². The third kappa shape index (κ3) is 3.89. The zero-order valence-corrected chi connectivity index (χ0v) is 3.11. The SMILES string of the molecule is CC(F)[CH]N. The van der Waals surface area contributed by atoms with Gasteiger partial charge in [0, 0.05) is 0 Å². The van der Waals surface area contributed by atoms with E-state index in [1.54, 1.807) is 0 Å². The second-order valence-corrected chi connectivity index (χ2v) is 0.870. The van der Waals surface area contributed by atoms with E-state index in [0.29, 0.717) is 0 Å². The van der Waals surface area contributed by atoms with Gasteiger partial charge in [0.15, 0.2) is 0 Å². The molecule has 1 radical (unpaired) electrons. The van der Waals surface area contributed by atoms with Crippen molar-refractivity contribution in [3.63, 3.8) is 0 Å². The van der Waals surface area contributed by atoms with Gasteiger partial charge in [-0.25, -0.2) is 4.39 Å². The van der Waals surface area contributed by atoms with E-state index < -0.39 is 6.17 Å². The fraction of sp³-hybridized carbons (Fsp3) is 0.667. The van der Waals surface area contributed by atoms with E-state index in [0.717, 1.165) is 6.54 Å². The molecule has 0 saturated carbocycles. The van der Waals surface area contributed by atoms with Gasteiger partial charge in [-0.15, -0.1) is 0 Å². The highest BCUT2D eigenvalue weighted by molar-refractivity contribution is 4.59. The first kappa shape index (κ1) is 4.89. The summed E-state index contributed by atoms with van der Waals surface area (Å²) in [4.78, 5) is 0. The summed E-state index contributed by atoms with van der Waals surface area (Å²) in [6.45, 7) is 2.38. The first-order chi connectivity index (χ1) is 2.27. The summed E-state index contributed by atoms with van der Waals surface area (Å²) >= 11 is 0. The average molecular weight is 76.1 g/mol. The van der Waals surface area contributed by atoms with Gasteiger partial charge < -0.3 is 5.73 Å². The Hall–Kier alpha value is -0.110. The van der Waals surface area contributed by atoms with Gasteiger partial charge in [0.2, 0.25) is 0 Å². The predicted molar refractivity (Wildman–Crippen MR) is 19.1 cm³/mol. The number of hydrogen-bond donors (Lipinski definition) is 1. The second kappa shape index (κ2) is 2.15. The van der Waals surface area contributed by atoms with Crippen LogP contribution in [0.3, 0.4) is 0 Å². The first-order valence-corrected chi connectivity index (χ1v) is 1.46. The Morgan fingerprint density at radius 3 is 2.20 bits per heavy atom. The van der Waals surface area contributed by atoms with E-state index in [9.17, 15) is 4.39 Å². The van der Waals surface area contributed by atoms with E-state index >= 15 is 0 Å². The number of nitrogens with two attached hydrogens (primary N) is 1. The van der Waals surface area contributed by atoms with Crippen LogP contribution in [-0.4, -0.2) is 6.17 Å². The molecule has 31 valence electrons. The molecule has 0 aromatic heterocycles. The molecule has 2 N–H and O–H groups in total. The lowest BCUT2D eigenvalue weighted by molar-refractivity contribution is 0.403. The lowest BCUT2D eigenvalue weighted by Gasteiger charge is -1.85. The summed E-state index contributed by atoms with van der Waals surface area (Å²) < 4.78 is 11.2. The van der Waals surface area contributed by atoms with Gasteiger partial charge in [-0.3, -0.25) is 0 Å². The maximum atomic E-state index is 11.2. The van der Waals surface area contributed by atoms with Crippen molar-refractivity contribution in [1.82, 2.24) is 0 Å². The molecular formula is C3H7FN. The Bertz CT molecular complexity index is 20.9. The molecule has 1 unspecified atom stereocenters. The lowest BCUT2D eigenvalue weighted by atomic mass is 10.5. The molecule has 5 heavy (non-hydrogen) atoms. The summed E-state index contributed by atoms with van der Waals surface area (Å²) in [6.07, 6.45) is -0.963. The quantitative estimate of drug-likeness (QED) is 0.482. The predicted octanol–water partition coefficient (Wildman–Crippen LogP) is 0.465. The summed E-state index contributed by atoms with van der Waals surface area (Å²) in [5, 5.41) is 0. The zero-order chi connectivity index (χ0) is 4.28. The Morgan fingerprint density at radius 1 is 2.00 bits per heavy atom. The summed E-state index contributed by atoms with van der Waals surface area (Å²) in [5.74, 6) is 0. The van der Waals surface area contributed by atoms with Crippen LogP contribution >= 0.6 is 0 Å². The molecule has 0 aromatic carbocycles. The molecule has 0 amide bonds. The Morgan fingerprint density at radius 2 is 2.20 bits per heavy atom.